The highest BCUT2D eigenvalue weighted by Crippen LogP contribution is 2.47. The summed E-state index contributed by atoms with van der Waals surface area (Å²) in [6, 6.07) is -0.376. The summed E-state index contributed by atoms with van der Waals surface area (Å²) in [6.45, 7) is 4.81. The molecule has 2 aliphatic rings. The van der Waals surface area contributed by atoms with Crippen LogP contribution in [0.1, 0.15) is 27.2 Å². The van der Waals surface area contributed by atoms with Gasteiger partial charge in [-0.25, -0.2) is 4.79 Å². The second-order valence-electron chi connectivity index (χ2n) is 5.45. The van der Waals surface area contributed by atoms with E-state index in [0.29, 0.717) is 5.57 Å². The first-order chi connectivity index (χ1) is 9.81. The van der Waals surface area contributed by atoms with Crippen LogP contribution in [0.2, 0.25) is 0 Å². The minimum atomic E-state index is -1.22. The van der Waals surface area contributed by atoms with Crippen molar-refractivity contribution >= 4 is 17.8 Å². The first-order valence-corrected chi connectivity index (χ1v) is 6.94. The number of esters is 1. The van der Waals surface area contributed by atoms with Gasteiger partial charge in [-0.1, -0.05) is 13.8 Å². The minimum absolute atomic E-state index is 0.113. The fourth-order valence-corrected chi connectivity index (χ4v) is 3.09. The molecule has 0 spiro atoms. The van der Waals surface area contributed by atoms with Gasteiger partial charge in [0.25, 0.3) is 0 Å². The van der Waals surface area contributed by atoms with Crippen LogP contribution in [0.25, 0.3) is 0 Å². The van der Waals surface area contributed by atoms with E-state index in [1.807, 2.05) is 0 Å². The normalized spacial score (nSPS) is 29.0. The van der Waals surface area contributed by atoms with E-state index in [-0.39, 0.29) is 30.7 Å². The van der Waals surface area contributed by atoms with Crippen molar-refractivity contribution in [1.29, 1.82) is 0 Å². The maximum Gasteiger partial charge on any atom is 0.352 e. The number of hydrogen-bond acceptors (Lipinski definition) is 5. The summed E-state index contributed by atoms with van der Waals surface area (Å²) in [7, 11) is 0. The van der Waals surface area contributed by atoms with Crippen LogP contribution >= 0.6 is 0 Å². The molecule has 0 aliphatic carbocycles. The number of carboxylic acid groups (broad SMARTS) is 1. The molecule has 0 aromatic heterocycles. The summed E-state index contributed by atoms with van der Waals surface area (Å²) in [5, 5.41) is 19.0. The summed E-state index contributed by atoms with van der Waals surface area (Å²) in [6.07, 6.45) is -0.638. The first-order valence-electron chi connectivity index (χ1n) is 6.94. The molecule has 0 aromatic rings. The number of rotatable bonds is 5. The minimum Gasteiger partial charge on any atom is -0.477 e. The number of aliphatic carboxylic acids is 1. The number of carbonyl (C=O) groups is 3. The molecule has 4 atom stereocenters. The number of amides is 1. The SMILES string of the molecule is CCC(=O)OCC1=C(C(=O)O)N2C(=O)[C@H]([C@@H](C)O)[C@H]2[C@H]1C. The number of β-lactam (4-membered cyclic amide) rings is 1. The van der Waals surface area contributed by atoms with E-state index in [0.717, 1.165) is 0 Å². The predicted octanol–water partition coefficient (Wildman–Crippen LogP) is 0.136. The molecule has 1 amide bonds. The average Bonchev–Trinajstić information content (AvgIpc) is 2.65. The molecule has 0 unspecified atom stereocenters. The molecule has 0 radical (unpaired) electrons. The highest BCUT2D eigenvalue weighted by Gasteiger charge is 2.59. The molecule has 7 nitrogen and oxygen atoms in total. The molecule has 7 heteroatoms. The highest BCUT2D eigenvalue weighted by molar-refractivity contribution is 6.00. The Labute approximate surface area is 122 Å². The number of carboxylic acids is 1. The van der Waals surface area contributed by atoms with Gasteiger partial charge in [0.2, 0.25) is 5.91 Å². The Balaban J connectivity index is 2.28. The average molecular weight is 297 g/mol. The van der Waals surface area contributed by atoms with Crippen molar-refractivity contribution < 1.29 is 29.3 Å². The third-order valence-corrected chi connectivity index (χ3v) is 4.20. The van der Waals surface area contributed by atoms with Crippen LogP contribution in [0.3, 0.4) is 0 Å². The largest absolute Gasteiger partial charge is 0.477 e. The van der Waals surface area contributed by atoms with E-state index in [1.54, 1.807) is 13.8 Å². The van der Waals surface area contributed by atoms with E-state index in [1.165, 1.54) is 11.8 Å². The van der Waals surface area contributed by atoms with E-state index < -0.39 is 29.9 Å². The smallest absolute Gasteiger partial charge is 0.352 e. The molecule has 1 fully saturated rings. The van der Waals surface area contributed by atoms with E-state index in [9.17, 15) is 24.6 Å². The van der Waals surface area contributed by atoms with Gasteiger partial charge in [0.1, 0.15) is 12.3 Å². The molecule has 0 aromatic carbocycles. The fraction of sp³-hybridized carbons (Fsp3) is 0.643. The maximum absolute atomic E-state index is 12.0. The van der Waals surface area contributed by atoms with Crippen molar-refractivity contribution in [1.82, 2.24) is 4.90 Å². The number of ether oxygens (including phenoxy) is 1. The van der Waals surface area contributed by atoms with Gasteiger partial charge in [-0.2, -0.15) is 0 Å². The highest BCUT2D eigenvalue weighted by atomic mass is 16.5. The van der Waals surface area contributed by atoms with Crippen LogP contribution < -0.4 is 0 Å². The third-order valence-electron chi connectivity index (χ3n) is 4.20. The summed E-state index contributed by atoms with van der Waals surface area (Å²) in [5.41, 5.74) is 0.309. The van der Waals surface area contributed by atoms with Crippen LogP contribution in [-0.2, 0) is 19.1 Å². The maximum atomic E-state index is 12.0. The van der Waals surface area contributed by atoms with E-state index in [4.69, 9.17) is 4.74 Å². The van der Waals surface area contributed by atoms with Gasteiger partial charge in [0.15, 0.2) is 0 Å². The molecular weight excluding hydrogens is 278 g/mol. The van der Waals surface area contributed by atoms with Crippen molar-refractivity contribution in [3.05, 3.63) is 11.3 Å². The quantitative estimate of drug-likeness (QED) is 0.552. The second kappa shape index (κ2) is 5.48. The standard InChI is InChI=1S/C14H19NO6/c1-4-9(17)21-5-8-6(2)11-10(7(3)16)13(18)15(11)12(8)14(19)20/h6-7,10-11,16H,4-5H2,1-3H3,(H,19,20)/t6-,7+,10+,11+/m0/s1. The Morgan fingerprint density at radius 2 is 2.05 bits per heavy atom. The number of carbonyl (C=O) groups excluding carboxylic acids is 2. The lowest BCUT2D eigenvalue weighted by Gasteiger charge is -2.46. The van der Waals surface area contributed by atoms with Gasteiger partial charge in [-0.05, 0) is 6.92 Å². The fourth-order valence-electron chi connectivity index (χ4n) is 3.09. The number of aliphatic hydroxyl groups is 1. The molecule has 116 valence electrons. The van der Waals surface area contributed by atoms with Crippen molar-refractivity contribution in [2.45, 2.75) is 39.3 Å². The monoisotopic (exact) mass is 297 g/mol. The number of fused-ring (bicyclic) bond motifs is 1. The lowest BCUT2D eigenvalue weighted by atomic mass is 9.78. The zero-order valence-electron chi connectivity index (χ0n) is 12.2. The van der Waals surface area contributed by atoms with Crippen molar-refractivity contribution in [3.8, 4) is 0 Å². The third kappa shape index (κ3) is 2.31. The number of aliphatic hydroxyl groups excluding tert-OH is 1. The Morgan fingerprint density at radius 1 is 1.43 bits per heavy atom. The summed E-state index contributed by atoms with van der Waals surface area (Å²) in [4.78, 5) is 35.9. The van der Waals surface area contributed by atoms with Gasteiger partial charge in [0, 0.05) is 17.9 Å². The van der Waals surface area contributed by atoms with Crippen molar-refractivity contribution in [3.63, 3.8) is 0 Å². The molecule has 2 N–H and O–H groups in total. The van der Waals surface area contributed by atoms with Gasteiger partial charge in [-0.15, -0.1) is 0 Å². The van der Waals surface area contributed by atoms with E-state index >= 15 is 0 Å². The molecule has 0 saturated carbocycles. The van der Waals surface area contributed by atoms with Crippen LogP contribution in [-0.4, -0.2) is 51.7 Å². The topological polar surface area (TPSA) is 104 Å². The van der Waals surface area contributed by atoms with Crippen molar-refractivity contribution in [2.24, 2.45) is 11.8 Å². The van der Waals surface area contributed by atoms with Gasteiger partial charge >= 0.3 is 11.9 Å². The summed E-state index contributed by atoms with van der Waals surface area (Å²) in [5.74, 6) is -2.90. The van der Waals surface area contributed by atoms with Gasteiger partial charge < -0.3 is 19.8 Å². The van der Waals surface area contributed by atoms with Gasteiger partial charge in [-0.3, -0.25) is 9.59 Å². The molecule has 1 saturated heterocycles. The van der Waals surface area contributed by atoms with Crippen LogP contribution in [0.15, 0.2) is 11.3 Å². The Kier molecular flexibility index (Phi) is 4.04. The van der Waals surface area contributed by atoms with Crippen molar-refractivity contribution in [2.75, 3.05) is 6.61 Å². The first kappa shape index (κ1) is 15.5. The Hall–Kier alpha value is -1.89. The zero-order chi connectivity index (χ0) is 15.9. The molecular formula is C14H19NO6. The van der Waals surface area contributed by atoms with E-state index in [2.05, 4.69) is 0 Å². The lowest BCUT2D eigenvalue weighted by Crippen LogP contribution is -2.63. The molecule has 2 heterocycles. The Morgan fingerprint density at radius 3 is 2.52 bits per heavy atom. The summed E-state index contributed by atoms with van der Waals surface area (Å²) >= 11 is 0. The molecule has 2 rings (SSSR count). The summed E-state index contributed by atoms with van der Waals surface area (Å²) < 4.78 is 5.02. The van der Waals surface area contributed by atoms with Crippen LogP contribution in [0.4, 0.5) is 0 Å². The number of nitrogens with zero attached hydrogens (tertiary/aromatic N) is 1. The zero-order valence-corrected chi connectivity index (χ0v) is 12.2. The lowest BCUT2D eigenvalue weighted by molar-refractivity contribution is -0.163. The second-order valence-corrected chi connectivity index (χ2v) is 5.45. The number of hydrogen-bond donors (Lipinski definition) is 2. The Bertz CT molecular complexity index is 524. The van der Waals surface area contributed by atoms with Gasteiger partial charge in [0.05, 0.1) is 18.1 Å². The van der Waals surface area contributed by atoms with Crippen LogP contribution in [0, 0.1) is 11.8 Å². The molecule has 2 aliphatic heterocycles. The molecule has 0 bridgehead atoms. The molecule has 21 heavy (non-hydrogen) atoms. The predicted molar refractivity (Wildman–Crippen MR) is 70.9 cm³/mol. The van der Waals surface area contributed by atoms with Crippen LogP contribution in [0.5, 0.6) is 0 Å².